The number of terminal acetylenes is 1. The van der Waals surface area contributed by atoms with E-state index in [-0.39, 0.29) is 12.5 Å². The first-order valence-electron chi connectivity index (χ1n) is 12.4. The highest BCUT2D eigenvalue weighted by Crippen LogP contribution is 2.24. The molecule has 36 heavy (non-hydrogen) atoms. The van der Waals surface area contributed by atoms with Crippen molar-refractivity contribution < 1.29 is 23.9 Å². The summed E-state index contributed by atoms with van der Waals surface area (Å²) in [5, 5.41) is 5.37. The van der Waals surface area contributed by atoms with Crippen LogP contribution in [0.1, 0.15) is 83.9 Å². The fourth-order valence-electron chi connectivity index (χ4n) is 3.58. The Labute approximate surface area is 214 Å². The Hall–Kier alpha value is -3.54. The average Bonchev–Trinajstić information content (AvgIpc) is 2.79. The second-order valence-corrected chi connectivity index (χ2v) is 9.57. The lowest BCUT2D eigenvalue weighted by atomic mass is 10.0. The molecule has 198 valence electrons. The van der Waals surface area contributed by atoms with Gasteiger partial charge >= 0.3 is 6.09 Å². The summed E-state index contributed by atoms with van der Waals surface area (Å²) in [7, 11) is 0. The van der Waals surface area contributed by atoms with Gasteiger partial charge in [0.2, 0.25) is 17.7 Å². The van der Waals surface area contributed by atoms with Crippen molar-refractivity contribution in [3.8, 4) is 12.3 Å². The molecule has 4 N–H and O–H groups in total. The smallest absolute Gasteiger partial charge is 0.408 e. The summed E-state index contributed by atoms with van der Waals surface area (Å²) in [6.07, 6.45) is 7.45. The zero-order valence-corrected chi connectivity index (χ0v) is 22.1. The van der Waals surface area contributed by atoms with E-state index in [1.54, 1.807) is 45.0 Å². The quantitative estimate of drug-likeness (QED) is 0.283. The first-order chi connectivity index (χ1) is 16.9. The van der Waals surface area contributed by atoms with Gasteiger partial charge in [-0.25, -0.2) is 4.79 Å². The molecule has 2 atom stereocenters. The summed E-state index contributed by atoms with van der Waals surface area (Å²) in [5.41, 5.74) is 5.76. The van der Waals surface area contributed by atoms with Crippen molar-refractivity contribution in [2.45, 2.75) is 84.4 Å². The lowest BCUT2D eigenvalue weighted by Crippen LogP contribution is -2.54. The number of rotatable bonds is 13. The number of hydrogen-bond donors (Lipinski definition) is 3. The van der Waals surface area contributed by atoms with Crippen molar-refractivity contribution in [2.75, 3.05) is 13.1 Å². The number of unbranched alkanes of at least 4 members (excludes halogenated alkanes) is 2. The minimum absolute atomic E-state index is 0.202. The number of primary amides is 1. The van der Waals surface area contributed by atoms with E-state index in [9.17, 15) is 19.2 Å². The van der Waals surface area contributed by atoms with Gasteiger partial charge in [0.25, 0.3) is 0 Å². The monoisotopic (exact) mass is 500 g/mol. The maximum Gasteiger partial charge on any atom is 0.408 e. The van der Waals surface area contributed by atoms with Crippen LogP contribution >= 0.6 is 0 Å². The third-order valence-electron chi connectivity index (χ3n) is 5.17. The van der Waals surface area contributed by atoms with Crippen molar-refractivity contribution in [3.05, 3.63) is 35.4 Å². The number of nitrogens with two attached hydrogens (primary N) is 1. The topological polar surface area (TPSA) is 131 Å². The molecule has 4 amide bonds. The molecule has 1 rings (SSSR count). The molecule has 0 aliphatic rings. The van der Waals surface area contributed by atoms with E-state index in [1.807, 2.05) is 6.92 Å². The molecule has 0 saturated heterocycles. The highest BCUT2D eigenvalue weighted by molar-refractivity contribution is 5.94. The van der Waals surface area contributed by atoms with E-state index in [2.05, 4.69) is 23.5 Å². The first-order valence-corrected chi connectivity index (χ1v) is 12.4. The summed E-state index contributed by atoms with van der Waals surface area (Å²) in [5.74, 6) is 0.777. The molecule has 2 unspecified atom stereocenters. The SMILES string of the molecule is C#Cc1ccc(C(C(=O)NCCCCC)N(CCC)C(=O)C(CC(N)=O)NC(=O)OC(C)(C)C)cc1. The van der Waals surface area contributed by atoms with Gasteiger partial charge in [-0.2, -0.15) is 0 Å². The zero-order valence-electron chi connectivity index (χ0n) is 22.1. The Balaban J connectivity index is 3.38. The van der Waals surface area contributed by atoms with Crippen LogP contribution in [0.5, 0.6) is 0 Å². The highest BCUT2D eigenvalue weighted by atomic mass is 16.6. The Morgan fingerprint density at radius 3 is 2.22 bits per heavy atom. The van der Waals surface area contributed by atoms with Crippen LogP contribution < -0.4 is 16.4 Å². The summed E-state index contributed by atoms with van der Waals surface area (Å²) >= 11 is 0. The molecule has 0 aliphatic heterocycles. The van der Waals surface area contributed by atoms with Gasteiger partial charge in [-0.1, -0.05) is 44.7 Å². The van der Waals surface area contributed by atoms with E-state index in [0.29, 0.717) is 24.1 Å². The number of amides is 4. The van der Waals surface area contributed by atoms with Gasteiger partial charge in [0, 0.05) is 18.7 Å². The first kappa shape index (κ1) is 30.5. The largest absolute Gasteiger partial charge is 0.444 e. The molecule has 0 radical (unpaired) electrons. The molecular weight excluding hydrogens is 460 g/mol. The van der Waals surface area contributed by atoms with Crippen LogP contribution in [0.2, 0.25) is 0 Å². The van der Waals surface area contributed by atoms with Gasteiger partial charge < -0.3 is 26.0 Å². The molecule has 0 heterocycles. The van der Waals surface area contributed by atoms with Crippen molar-refractivity contribution >= 4 is 23.8 Å². The van der Waals surface area contributed by atoms with Crippen LogP contribution in [0, 0.1) is 12.3 Å². The molecule has 0 saturated carbocycles. The molecule has 1 aromatic rings. The third kappa shape index (κ3) is 10.4. The Morgan fingerprint density at radius 2 is 1.72 bits per heavy atom. The Morgan fingerprint density at radius 1 is 1.08 bits per heavy atom. The second kappa shape index (κ2) is 14.8. The number of nitrogens with zero attached hydrogens (tertiary/aromatic N) is 1. The van der Waals surface area contributed by atoms with E-state index in [1.165, 1.54) is 4.90 Å². The molecular formula is C27H40N4O5. The lowest BCUT2D eigenvalue weighted by Gasteiger charge is -2.34. The minimum Gasteiger partial charge on any atom is -0.444 e. The van der Waals surface area contributed by atoms with Crippen molar-refractivity contribution in [3.63, 3.8) is 0 Å². The van der Waals surface area contributed by atoms with Crippen molar-refractivity contribution in [1.82, 2.24) is 15.5 Å². The standard InChI is InChI=1S/C27H40N4O5/c1-7-10-11-16-29-24(33)23(20-14-12-19(9-3)13-15-20)31(17-8-2)25(34)21(18-22(28)32)30-26(35)36-27(4,5)6/h3,12-15,21,23H,7-8,10-11,16-18H2,1-2,4-6H3,(H2,28,32)(H,29,33)(H,30,35). The number of hydrogen-bond acceptors (Lipinski definition) is 5. The fraction of sp³-hybridized carbons (Fsp3) is 0.556. The van der Waals surface area contributed by atoms with Gasteiger partial charge in [0.05, 0.1) is 6.42 Å². The van der Waals surface area contributed by atoms with Gasteiger partial charge in [0.1, 0.15) is 17.7 Å². The number of alkyl carbamates (subject to hydrolysis) is 1. The van der Waals surface area contributed by atoms with Crippen molar-refractivity contribution in [1.29, 1.82) is 0 Å². The van der Waals surface area contributed by atoms with E-state index < -0.39 is 42.0 Å². The van der Waals surface area contributed by atoms with Crippen LogP contribution in [-0.4, -0.2) is 53.4 Å². The number of benzene rings is 1. The molecule has 0 bridgehead atoms. The normalized spacial score (nSPS) is 12.6. The fourth-order valence-corrected chi connectivity index (χ4v) is 3.58. The number of carbonyl (C=O) groups is 4. The van der Waals surface area contributed by atoms with E-state index in [0.717, 1.165) is 19.3 Å². The second-order valence-electron chi connectivity index (χ2n) is 9.57. The van der Waals surface area contributed by atoms with Gasteiger partial charge in [-0.05, 0) is 51.3 Å². The van der Waals surface area contributed by atoms with Crippen LogP contribution in [0.3, 0.4) is 0 Å². The number of carbonyl (C=O) groups excluding carboxylic acids is 4. The number of nitrogens with one attached hydrogen (secondary N) is 2. The Bertz CT molecular complexity index is 931. The molecule has 9 heteroatoms. The summed E-state index contributed by atoms with van der Waals surface area (Å²) in [6.45, 7) is 9.63. The molecule has 0 fully saturated rings. The van der Waals surface area contributed by atoms with Gasteiger partial charge in [-0.3, -0.25) is 14.4 Å². The van der Waals surface area contributed by atoms with Gasteiger partial charge in [-0.15, -0.1) is 6.42 Å². The van der Waals surface area contributed by atoms with Crippen LogP contribution in [0.15, 0.2) is 24.3 Å². The maximum atomic E-state index is 13.7. The highest BCUT2D eigenvalue weighted by Gasteiger charge is 2.36. The molecule has 0 spiro atoms. The summed E-state index contributed by atoms with van der Waals surface area (Å²) < 4.78 is 5.26. The lowest BCUT2D eigenvalue weighted by molar-refractivity contribution is -0.143. The van der Waals surface area contributed by atoms with Gasteiger partial charge in [0.15, 0.2) is 0 Å². The molecule has 1 aromatic carbocycles. The predicted molar refractivity (Wildman–Crippen MR) is 139 cm³/mol. The summed E-state index contributed by atoms with van der Waals surface area (Å²) in [4.78, 5) is 52.7. The average molecular weight is 501 g/mol. The van der Waals surface area contributed by atoms with E-state index in [4.69, 9.17) is 16.9 Å². The predicted octanol–water partition coefficient (Wildman–Crippen LogP) is 3.02. The Kier molecular flexibility index (Phi) is 12.5. The molecule has 0 aliphatic carbocycles. The third-order valence-corrected chi connectivity index (χ3v) is 5.17. The summed E-state index contributed by atoms with van der Waals surface area (Å²) in [6, 6.07) is 4.49. The van der Waals surface area contributed by atoms with Crippen LogP contribution in [0.25, 0.3) is 0 Å². The van der Waals surface area contributed by atoms with Crippen LogP contribution in [0.4, 0.5) is 4.79 Å². The van der Waals surface area contributed by atoms with Crippen molar-refractivity contribution in [2.24, 2.45) is 5.73 Å². The molecule has 0 aromatic heterocycles. The van der Waals surface area contributed by atoms with E-state index >= 15 is 0 Å². The number of ether oxygens (including phenoxy) is 1. The maximum absolute atomic E-state index is 13.7. The zero-order chi connectivity index (χ0) is 27.3. The molecule has 9 nitrogen and oxygen atoms in total. The minimum atomic E-state index is -1.30. The van der Waals surface area contributed by atoms with Crippen LogP contribution in [-0.2, 0) is 19.1 Å².